The predicted octanol–water partition coefficient (Wildman–Crippen LogP) is 0.285. The van der Waals surface area contributed by atoms with E-state index < -0.39 is 0 Å². The van der Waals surface area contributed by atoms with Crippen LogP contribution < -0.4 is 16.8 Å². The highest BCUT2D eigenvalue weighted by molar-refractivity contribution is 5.91. The van der Waals surface area contributed by atoms with Gasteiger partial charge in [-0.2, -0.15) is 5.10 Å². The molecular formula is C11H20N6O. The molecule has 7 nitrogen and oxygen atoms in total. The summed E-state index contributed by atoms with van der Waals surface area (Å²) in [6, 6.07) is 1.83. The number of aromatic nitrogens is 2. The largest absolute Gasteiger partial charge is 0.370 e. The molecule has 0 unspecified atom stereocenters. The molecule has 1 aromatic heterocycles. The lowest BCUT2D eigenvalue weighted by molar-refractivity contribution is -0.118. The van der Waals surface area contributed by atoms with Gasteiger partial charge in [-0.1, -0.05) is 0 Å². The van der Waals surface area contributed by atoms with E-state index in [0.717, 1.165) is 19.4 Å². The Balaban J connectivity index is 2.34. The van der Waals surface area contributed by atoms with E-state index in [4.69, 9.17) is 11.5 Å². The van der Waals surface area contributed by atoms with E-state index in [1.165, 1.54) is 0 Å². The van der Waals surface area contributed by atoms with Crippen LogP contribution in [-0.4, -0.2) is 28.2 Å². The molecule has 0 radical (unpaired) electrons. The molecule has 100 valence electrons. The zero-order valence-corrected chi connectivity index (χ0v) is 10.6. The number of aryl methyl sites for hydroxylation is 1. The summed E-state index contributed by atoms with van der Waals surface area (Å²) in [6.07, 6.45) is 3.91. The van der Waals surface area contributed by atoms with E-state index in [0.29, 0.717) is 24.7 Å². The zero-order valence-electron chi connectivity index (χ0n) is 10.6. The number of nitrogens with two attached hydrogens (primary N) is 2. The van der Waals surface area contributed by atoms with Crippen molar-refractivity contribution in [2.75, 3.05) is 11.9 Å². The monoisotopic (exact) mass is 252 g/mol. The summed E-state index contributed by atoms with van der Waals surface area (Å²) in [5.41, 5.74) is 10.7. The van der Waals surface area contributed by atoms with Gasteiger partial charge in [0.05, 0.1) is 0 Å². The summed E-state index contributed by atoms with van der Waals surface area (Å²) in [5.74, 6) is 0.762. The van der Waals surface area contributed by atoms with Crippen LogP contribution in [0, 0.1) is 0 Å². The Morgan fingerprint density at radius 2 is 2.28 bits per heavy atom. The van der Waals surface area contributed by atoms with Crippen LogP contribution in [0.25, 0.3) is 0 Å². The highest BCUT2D eigenvalue weighted by Crippen LogP contribution is 2.04. The van der Waals surface area contributed by atoms with Crippen molar-refractivity contribution in [1.82, 2.24) is 9.78 Å². The van der Waals surface area contributed by atoms with Crippen molar-refractivity contribution in [1.29, 1.82) is 0 Å². The SMILES string of the molecule is CCN=C(N)Nc1ccn(CCCCC(N)=O)n1. The molecule has 0 saturated carbocycles. The fourth-order valence-corrected chi connectivity index (χ4v) is 1.47. The van der Waals surface area contributed by atoms with E-state index >= 15 is 0 Å². The van der Waals surface area contributed by atoms with Crippen molar-refractivity contribution in [2.45, 2.75) is 32.7 Å². The van der Waals surface area contributed by atoms with E-state index in [1.54, 1.807) is 4.68 Å². The number of anilines is 1. The zero-order chi connectivity index (χ0) is 13.4. The Hall–Kier alpha value is -2.05. The van der Waals surface area contributed by atoms with Crippen LogP contribution in [0.3, 0.4) is 0 Å². The van der Waals surface area contributed by atoms with Crippen LogP contribution in [0.1, 0.15) is 26.2 Å². The molecule has 1 amide bonds. The van der Waals surface area contributed by atoms with Gasteiger partial charge in [0, 0.05) is 31.8 Å². The highest BCUT2D eigenvalue weighted by Gasteiger charge is 2.00. The number of hydrogen-bond acceptors (Lipinski definition) is 3. The Kier molecular flexibility index (Phi) is 5.69. The number of nitrogens with one attached hydrogen (secondary N) is 1. The van der Waals surface area contributed by atoms with E-state index in [2.05, 4.69) is 15.4 Å². The number of amides is 1. The average molecular weight is 252 g/mol. The van der Waals surface area contributed by atoms with Gasteiger partial charge in [0.25, 0.3) is 0 Å². The van der Waals surface area contributed by atoms with Gasteiger partial charge in [0.2, 0.25) is 5.91 Å². The summed E-state index contributed by atoms with van der Waals surface area (Å²) in [7, 11) is 0. The van der Waals surface area contributed by atoms with Gasteiger partial charge in [-0.25, -0.2) is 0 Å². The molecule has 0 aliphatic heterocycles. The number of carbonyl (C=O) groups is 1. The molecule has 5 N–H and O–H groups in total. The second-order valence-corrected chi connectivity index (χ2v) is 3.87. The van der Waals surface area contributed by atoms with E-state index in [9.17, 15) is 4.79 Å². The second-order valence-electron chi connectivity index (χ2n) is 3.87. The van der Waals surface area contributed by atoms with Gasteiger partial charge in [-0.15, -0.1) is 0 Å². The van der Waals surface area contributed by atoms with Crippen molar-refractivity contribution in [3.63, 3.8) is 0 Å². The first-order valence-electron chi connectivity index (χ1n) is 6.00. The number of nitrogens with zero attached hydrogens (tertiary/aromatic N) is 3. The summed E-state index contributed by atoms with van der Waals surface area (Å²) < 4.78 is 1.79. The number of rotatable bonds is 7. The quantitative estimate of drug-likeness (QED) is 0.368. The number of carbonyl (C=O) groups excluding carboxylic acids is 1. The van der Waals surface area contributed by atoms with Crippen LogP contribution in [0.2, 0.25) is 0 Å². The van der Waals surface area contributed by atoms with Gasteiger partial charge in [-0.3, -0.25) is 14.5 Å². The Bertz CT molecular complexity index is 411. The molecule has 0 spiro atoms. The summed E-state index contributed by atoms with van der Waals surface area (Å²) in [5, 5.41) is 7.17. The van der Waals surface area contributed by atoms with Crippen molar-refractivity contribution < 1.29 is 4.79 Å². The number of guanidine groups is 1. The molecule has 1 rings (SSSR count). The topological polar surface area (TPSA) is 111 Å². The van der Waals surface area contributed by atoms with Crippen LogP contribution >= 0.6 is 0 Å². The lowest BCUT2D eigenvalue weighted by Crippen LogP contribution is -2.23. The van der Waals surface area contributed by atoms with Crippen LogP contribution in [0.5, 0.6) is 0 Å². The molecule has 0 bridgehead atoms. The molecule has 0 aliphatic rings. The molecule has 0 atom stereocenters. The summed E-state index contributed by atoms with van der Waals surface area (Å²) >= 11 is 0. The van der Waals surface area contributed by atoms with Gasteiger partial charge < -0.3 is 16.8 Å². The average Bonchev–Trinajstić information content (AvgIpc) is 2.72. The second kappa shape index (κ2) is 7.31. The van der Waals surface area contributed by atoms with Gasteiger partial charge in [0.15, 0.2) is 11.8 Å². The minimum absolute atomic E-state index is 0.263. The van der Waals surface area contributed by atoms with Gasteiger partial charge in [0.1, 0.15) is 0 Å². The molecule has 0 saturated heterocycles. The molecule has 7 heteroatoms. The number of unbranched alkanes of at least 4 members (excludes halogenated alkanes) is 1. The highest BCUT2D eigenvalue weighted by atomic mass is 16.1. The maximum Gasteiger partial charge on any atom is 0.217 e. The normalized spacial score (nSPS) is 11.5. The molecule has 0 aromatic carbocycles. The van der Waals surface area contributed by atoms with E-state index in [-0.39, 0.29) is 5.91 Å². The molecule has 18 heavy (non-hydrogen) atoms. The smallest absolute Gasteiger partial charge is 0.217 e. The lowest BCUT2D eigenvalue weighted by atomic mass is 10.2. The lowest BCUT2D eigenvalue weighted by Gasteiger charge is -2.02. The maximum absolute atomic E-state index is 10.6. The van der Waals surface area contributed by atoms with Gasteiger partial charge in [-0.05, 0) is 19.8 Å². The number of hydrogen-bond donors (Lipinski definition) is 3. The molecular weight excluding hydrogens is 232 g/mol. The first-order valence-corrected chi connectivity index (χ1v) is 6.00. The third-order valence-corrected chi connectivity index (χ3v) is 2.29. The Labute approximate surface area is 106 Å². The van der Waals surface area contributed by atoms with Crippen molar-refractivity contribution in [3.8, 4) is 0 Å². The van der Waals surface area contributed by atoms with Crippen LogP contribution in [-0.2, 0) is 11.3 Å². The summed E-state index contributed by atoms with van der Waals surface area (Å²) in [4.78, 5) is 14.6. The van der Waals surface area contributed by atoms with Gasteiger partial charge >= 0.3 is 0 Å². The van der Waals surface area contributed by atoms with Crippen LogP contribution in [0.4, 0.5) is 5.82 Å². The molecule has 0 fully saturated rings. The minimum Gasteiger partial charge on any atom is -0.370 e. The fourth-order valence-electron chi connectivity index (χ4n) is 1.47. The summed E-state index contributed by atoms with van der Waals surface area (Å²) in [6.45, 7) is 3.29. The van der Waals surface area contributed by atoms with Crippen molar-refractivity contribution in [3.05, 3.63) is 12.3 Å². The van der Waals surface area contributed by atoms with Crippen LogP contribution in [0.15, 0.2) is 17.3 Å². The first kappa shape index (κ1) is 14.0. The molecule has 0 aliphatic carbocycles. The Morgan fingerprint density at radius 1 is 1.50 bits per heavy atom. The fraction of sp³-hybridized carbons (Fsp3) is 0.545. The third kappa shape index (κ3) is 5.33. The number of aliphatic imine (C=N–C) groups is 1. The minimum atomic E-state index is -0.263. The number of primary amides is 1. The predicted molar refractivity (Wildman–Crippen MR) is 71.1 cm³/mol. The third-order valence-electron chi connectivity index (χ3n) is 2.29. The standard InChI is InChI=1S/C11H20N6O/c1-2-14-11(13)15-10-6-8-17(16-10)7-4-3-5-9(12)18/h6,8H,2-5,7H2,1H3,(H2,12,18)(H3,13,14,15,16). The molecule has 1 aromatic rings. The van der Waals surface area contributed by atoms with Crippen molar-refractivity contribution >= 4 is 17.7 Å². The van der Waals surface area contributed by atoms with Crippen molar-refractivity contribution in [2.24, 2.45) is 16.5 Å². The van der Waals surface area contributed by atoms with E-state index in [1.807, 2.05) is 19.2 Å². The Morgan fingerprint density at radius 3 is 2.94 bits per heavy atom. The maximum atomic E-state index is 10.6. The molecule has 1 heterocycles. The first-order chi connectivity index (χ1) is 8.61.